The lowest BCUT2D eigenvalue weighted by molar-refractivity contribution is -0.137. The Bertz CT molecular complexity index is 530. The maximum atomic E-state index is 11.4. The molecule has 0 spiro atoms. The van der Waals surface area contributed by atoms with Crippen LogP contribution in [0.2, 0.25) is 0 Å². The van der Waals surface area contributed by atoms with Gasteiger partial charge >= 0.3 is 5.97 Å². The van der Waals surface area contributed by atoms with E-state index in [9.17, 15) is 4.79 Å². The molecule has 1 atom stereocenters. The molecule has 0 aliphatic rings. The second kappa shape index (κ2) is 8.40. The summed E-state index contributed by atoms with van der Waals surface area (Å²) in [6.07, 6.45) is 3.21. The molecule has 1 aromatic rings. The first-order valence-corrected chi connectivity index (χ1v) is 7.36. The van der Waals surface area contributed by atoms with E-state index in [0.29, 0.717) is 6.61 Å². The Labute approximate surface area is 122 Å². The van der Waals surface area contributed by atoms with Crippen molar-refractivity contribution in [3.63, 3.8) is 0 Å². The molecule has 0 fully saturated rings. The normalized spacial score (nSPS) is 12.7. The van der Waals surface area contributed by atoms with Crippen LogP contribution in [0.5, 0.6) is 0 Å². The fourth-order valence-electron chi connectivity index (χ4n) is 1.65. The van der Waals surface area contributed by atoms with E-state index in [4.69, 9.17) is 10.3 Å². The number of hydrogen-bond acceptors (Lipinski definition) is 4. The van der Waals surface area contributed by atoms with Crippen LogP contribution in [0.15, 0.2) is 23.3 Å². The highest BCUT2D eigenvalue weighted by Gasteiger charge is 2.06. The van der Waals surface area contributed by atoms with Crippen LogP contribution in [-0.2, 0) is 16.0 Å². The van der Waals surface area contributed by atoms with Crippen molar-refractivity contribution in [2.24, 2.45) is 5.11 Å². The summed E-state index contributed by atoms with van der Waals surface area (Å²) < 4.78 is 4.89. The van der Waals surface area contributed by atoms with Gasteiger partial charge in [-0.3, -0.25) is 0 Å². The van der Waals surface area contributed by atoms with Crippen LogP contribution in [0.3, 0.4) is 0 Å². The van der Waals surface area contributed by atoms with Gasteiger partial charge in [0.25, 0.3) is 0 Å². The first-order chi connectivity index (χ1) is 9.56. The molecule has 0 bridgehead atoms. The molecular weight excluding hydrogens is 274 g/mol. The molecule has 1 aromatic heterocycles. The van der Waals surface area contributed by atoms with E-state index in [1.54, 1.807) is 18.3 Å². The van der Waals surface area contributed by atoms with Crippen LogP contribution in [0.25, 0.3) is 16.0 Å². The molecule has 5 nitrogen and oxygen atoms in total. The van der Waals surface area contributed by atoms with Crippen molar-refractivity contribution in [1.82, 2.24) is 0 Å². The number of aryl methyl sites for hydroxylation is 1. The Balaban J connectivity index is 2.62. The average Bonchev–Trinajstić information content (AvgIpc) is 2.86. The number of carbonyl (C=O) groups is 1. The molecule has 108 valence electrons. The molecule has 0 radical (unpaired) electrons. The van der Waals surface area contributed by atoms with Crippen LogP contribution in [0, 0.1) is 0 Å². The maximum absolute atomic E-state index is 11.4. The third-order valence-corrected chi connectivity index (χ3v) is 4.01. The van der Waals surface area contributed by atoms with E-state index in [0.717, 1.165) is 23.3 Å². The summed E-state index contributed by atoms with van der Waals surface area (Å²) in [4.78, 5) is 16.5. The van der Waals surface area contributed by atoms with Crippen LogP contribution in [-0.4, -0.2) is 18.6 Å². The number of rotatable bonds is 7. The molecule has 0 aliphatic heterocycles. The lowest BCUT2D eigenvalue weighted by Crippen LogP contribution is -1.99. The summed E-state index contributed by atoms with van der Waals surface area (Å²) >= 11 is 1.65. The zero-order valence-electron chi connectivity index (χ0n) is 12.0. The quantitative estimate of drug-likeness (QED) is 0.246. The van der Waals surface area contributed by atoms with Crippen LogP contribution < -0.4 is 0 Å². The van der Waals surface area contributed by atoms with Crippen molar-refractivity contribution in [2.45, 2.75) is 39.7 Å². The summed E-state index contributed by atoms with van der Waals surface area (Å²) in [6, 6.07) is 4.05. The molecular formula is C14H19N3O2S. The van der Waals surface area contributed by atoms with Gasteiger partial charge in [-0.25, -0.2) is 4.79 Å². The van der Waals surface area contributed by atoms with Crippen molar-refractivity contribution in [1.29, 1.82) is 0 Å². The lowest BCUT2D eigenvalue weighted by atomic mass is 10.1. The standard InChI is InChI=1S/C14H19N3O2S/c1-4-19-14(18)9-10(2)13-8-7-12(20-13)6-5-11(3)16-17-15/h7-9,11H,4-6H2,1-3H3/b10-9+. The highest BCUT2D eigenvalue weighted by Crippen LogP contribution is 2.25. The predicted molar refractivity (Wildman–Crippen MR) is 81.5 cm³/mol. The van der Waals surface area contributed by atoms with Gasteiger partial charge in [-0.15, -0.1) is 11.3 Å². The number of thiophene rings is 1. The molecule has 1 heterocycles. The average molecular weight is 293 g/mol. The van der Waals surface area contributed by atoms with Crippen LogP contribution in [0.1, 0.15) is 36.9 Å². The van der Waals surface area contributed by atoms with E-state index in [1.807, 2.05) is 26.0 Å². The molecule has 1 rings (SSSR count). The number of carbonyl (C=O) groups excluding carboxylic acids is 1. The number of azide groups is 1. The SMILES string of the molecule is CCOC(=O)/C=C(\C)c1ccc(CCC(C)N=[N+]=[N-])s1. The second-order valence-electron chi connectivity index (χ2n) is 4.44. The molecule has 0 amide bonds. The van der Waals surface area contributed by atoms with Gasteiger partial charge in [-0.2, -0.15) is 0 Å². The van der Waals surface area contributed by atoms with Gasteiger partial charge in [0.15, 0.2) is 0 Å². The molecule has 0 aliphatic carbocycles. The first-order valence-electron chi connectivity index (χ1n) is 6.55. The molecule has 0 N–H and O–H groups in total. The van der Waals surface area contributed by atoms with Gasteiger partial charge < -0.3 is 4.74 Å². The van der Waals surface area contributed by atoms with Crippen molar-refractivity contribution in [3.05, 3.63) is 38.4 Å². The van der Waals surface area contributed by atoms with Gasteiger partial charge in [0.1, 0.15) is 0 Å². The van der Waals surface area contributed by atoms with Crippen molar-refractivity contribution in [2.75, 3.05) is 6.61 Å². The summed E-state index contributed by atoms with van der Waals surface area (Å²) in [6.45, 7) is 5.97. The largest absolute Gasteiger partial charge is 0.463 e. The van der Waals surface area contributed by atoms with Crippen molar-refractivity contribution >= 4 is 22.9 Å². The van der Waals surface area contributed by atoms with Crippen LogP contribution >= 0.6 is 11.3 Å². The summed E-state index contributed by atoms with van der Waals surface area (Å²) in [5.41, 5.74) is 9.25. The Hall–Kier alpha value is -1.78. The van der Waals surface area contributed by atoms with Gasteiger partial charge in [0.05, 0.1) is 6.61 Å². The van der Waals surface area contributed by atoms with Gasteiger partial charge in [0, 0.05) is 26.8 Å². The fourth-order valence-corrected chi connectivity index (χ4v) is 2.65. The van der Waals surface area contributed by atoms with Gasteiger partial charge in [-0.05, 0) is 49.9 Å². The Morgan fingerprint density at radius 2 is 2.35 bits per heavy atom. The minimum atomic E-state index is -0.308. The number of nitrogens with zero attached hydrogens (tertiary/aromatic N) is 3. The van der Waals surface area contributed by atoms with E-state index in [1.165, 1.54) is 11.0 Å². The molecule has 0 saturated heterocycles. The third kappa shape index (κ3) is 5.47. The van der Waals surface area contributed by atoms with Crippen molar-refractivity contribution < 1.29 is 9.53 Å². The number of allylic oxidation sites excluding steroid dienone is 1. The first kappa shape index (κ1) is 16.3. The second-order valence-corrected chi connectivity index (χ2v) is 5.61. The Morgan fingerprint density at radius 3 is 3.00 bits per heavy atom. The van der Waals surface area contributed by atoms with E-state index in [-0.39, 0.29) is 12.0 Å². The molecule has 0 saturated carbocycles. The van der Waals surface area contributed by atoms with Crippen LogP contribution in [0.4, 0.5) is 0 Å². The lowest BCUT2D eigenvalue weighted by Gasteiger charge is -2.01. The smallest absolute Gasteiger partial charge is 0.331 e. The number of hydrogen-bond donors (Lipinski definition) is 0. The molecule has 20 heavy (non-hydrogen) atoms. The molecule has 6 heteroatoms. The summed E-state index contributed by atoms with van der Waals surface area (Å²) in [7, 11) is 0. The van der Waals surface area contributed by atoms with Gasteiger partial charge in [-0.1, -0.05) is 12.0 Å². The van der Waals surface area contributed by atoms with Crippen molar-refractivity contribution in [3.8, 4) is 0 Å². The van der Waals surface area contributed by atoms with E-state index >= 15 is 0 Å². The minimum absolute atomic E-state index is 0.00159. The topological polar surface area (TPSA) is 75.1 Å². The third-order valence-electron chi connectivity index (χ3n) is 2.73. The Morgan fingerprint density at radius 1 is 1.60 bits per heavy atom. The summed E-state index contributed by atoms with van der Waals surface area (Å²) in [5.74, 6) is -0.308. The number of ether oxygens (including phenoxy) is 1. The zero-order valence-corrected chi connectivity index (χ0v) is 12.8. The predicted octanol–water partition coefficient (Wildman–Crippen LogP) is 4.35. The Kier molecular flexibility index (Phi) is 6.84. The van der Waals surface area contributed by atoms with E-state index in [2.05, 4.69) is 10.0 Å². The number of esters is 1. The highest BCUT2D eigenvalue weighted by molar-refractivity contribution is 7.13. The highest BCUT2D eigenvalue weighted by atomic mass is 32.1. The fraction of sp³-hybridized carbons (Fsp3) is 0.500. The van der Waals surface area contributed by atoms with E-state index < -0.39 is 0 Å². The monoisotopic (exact) mass is 293 g/mol. The zero-order chi connectivity index (χ0) is 15.0. The van der Waals surface area contributed by atoms with Gasteiger partial charge in [0.2, 0.25) is 0 Å². The molecule has 1 unspecified atom stereocenters. The molecule has 0 aromatic carbocycles. The summed E-state index contributed by atoms with van der Waals surface area (Å²) in [5, 5.41) is 3.65. The minimum Gasteiger partial charge on any atom is -0.463 e. The maximum Gasteiger partial charge on any atom is 0.331 e.